The number of hydrogen-bond donors (Lipinski definition) is 2. The van der Waals surface area contributed by atoms with E-state index in [0.717, 1.165) is 10.6 Å². The number of hydrogen-bond acceptors (Lipinski definition) is 7. The summed E-state index contributed by atoms with van der Waals surface area (Å²) in [6.45, 7) is 5.36. The standard InChI is InChI=1S/C36H31Cl2F3N4O5/c1-4-44-31(47)23-10-9-22-24(27(23)33(44)49)14-25-32(48)45(43-30-26(38)13-20(15-42-30)36(39,40)41)34(50)35(25,19-5-7-21(37)8-6-19)28(22)18-11-16(2)29(46)17(3)12-18/h5-9,11-13,15,23-25,27-28,46H,4,10,14H2,1-3H3,(H,42,43). The first kappa shape index (κ1) is 34.0. The minimum absolute atomic E-state index is 0.0235. The zero-order valence-corrected chi connectivity index (χ0v) is 28.5. The number of pyridine rings is 1. The number of phenols is 1. The third-order valence-corrected chi connectivity index (χ3v) is 11.4. The second-order valence-corrected chi connectivity index (χ2v) is 14.2. The first-order valence-corrected chi connectivity index (χ1v) is 16.9. The maximum atomic E-state index is 15.2. The fraction of sp³-hybridized carbons (Fsp3) is 0.361. The molecule has 3 aromatic rings. The number of halogens is 5. The van der Waals surface area contributed by atoms with Crippen LogP contribution < -0.4 is 5.43 Å². The molecule has 6 atom stereocenters. The molecule has 1 saturated carbocycles. The van der Waals surface area contributed by atoms with E-state index in [9.17, 15) is 32.7 Å². The number of nitrogens with zero attached hydrogens (tertiary/aromatic N) is 3. The van der Waals surface area contributed by atoms with Gasteiger partial charge in [-0.15, -0.1) is 0 Å². The van der Waals surface area contributed by atoms with Crippen LogP contribution in [0.3, 0.4) is 0 Å². The molecule has 14 heteroatoms. The molecule has 0 bridgehead atoms. The number of carbonyl (C=O) groups excluding carboxylic acids is 4. The van der Waals surface area contributed by atoms with Gasteiger partial charge in [0, 0.05) is 23.7 Å². The number of aryl methyl sites for hydroxylation is 2. The molecule has 0 radical (unpaired) electrons. The Morgan fingerprint density at radius 1 is 0.980 bits per heavy atom. The number of hydrazine groups is 1. The number of phenolic OH excluding ortho intramolecular Hbond substituents is 1. The molecule has 3 fully saturated rings. The maximum Gasteiger partial charge on any atom is 0.417 e. The van der Waals surface area contributed by atoms with Crippen molar-refractivity contribution in [3.63, 3.8) is 0 Å². The predicted molar refractivity (Wildman–Crippen MR) is 177 cm³/mol. The van der Waals surface area contributed by atoms with Crippen molar-refractivity contribution in [2.45, 2.75) is 51.1 Å². The molecule has 2 N–H and O–H groups in total. The zero-order chi connectivity index (χ0) is 36.0. The summed E-state index contributed by atoms with van der Waals surface area (Å²) in [5.41, 5.74) is 2.66. The van der Waals surface area contributed by atoms with Crippen LogP contribution in [0.2, 0.25) is 10.0 Å². The lowest BCUT2D eigenvalue weighted by atomic mass is 9.49. The van der Waals surface area contributed by atoms with Crippen LogP contribution in [0.25, 0.3) is 0 Å². The van der Waals surface area contributed by atoms with Crippen LogP contribution in [-0.2, 0) is 30.8 Å². The number of nitrogens with one attached hydrogen (secondary N) is 1. The molecule has 1 aromatic heterocycles. The van der Waals surface area contributed by atoms with E-state index in [4.69, 9.17) is 23.2 Å². The van der Waals surface area contributed by atoms with Gasteiger partial charge < -0.3 is 5.11 Å². The molecule has 0 spiro atoms. The van der Waals surface area contributed by atoms with E-state index in [1.807, 2.05) is 6.08 Å². The summed E-state index contributed by atoms with van der Waals surface area (Å²) in [6.07, 6.45) is -2.00. The topological polar surface area (TPSA) is 120 Å². The van der Waals surface area contributed by atoms with Crippen LogP contribution in [0.5, 0.6) is 5.75 Å². The number of amides is 4. The van der Waals surface area contributed by atoms with Crippen molar-refractivity contribution >= 4 is 52.6 Å². The lowest BCUT2D eigenvalue weighted by Crippen LogP contribution is -2.53. The zero-order valence-electron chi connectivity index (χ0n) is 27.0. The third-order valence-electron chi connectivity index (χ3n) is 10.8. The molecular weight excluding hydrogens is 696 g/mol. The van der Waals surface area contributed by atoms with Crippen LogP contribution >= 0.6 is 23.2 Å². The Bertz CT molecular complexity index is 2000. The summed E-state index contributed by atoms with van der Waals surface area (Å²) in [4.78, 5) is 62.1. The van der Waals surface area contributed by atoms with Gasteiger partial charge >= 0.3 is 6.18 Å². The Labute approximate surface area is 295 Å². The van der Waals surface area contributed by atoms with Gasteiger partial charge in [-0.2, -0.15) is 18.2 Å². The van der Waals surface area contributed by atoms with Gasteiger partial charge in [-0.05, 0) is 80.0 Å². The molecule has 260 valence electrons. The van der Waals surface area contributed by atoms with Gasteiger partial charge in [-0.1, -0.05) is 59.1 Å². The first-order valence-electron chi connectivity index (χ1n) is 16.1. The summed E-state index contributed by atoms with van der Waals surface area (Å²) in [5.74, 6) is -6.28. The number of benzene rings is 2. The summed E-state index contributed by atoms with van der Waals surface area (Å²) >= 11 is 12.5. The lowest BCUT2D eigenvalue weighted by molar-refractivity contribution is -0.141. The van der Waals surface area contributed by atoms with Gasteiger partial charge in [0.1, 0.15) is 5.75 Å². The van der Waals surface area contributed by atoms with Crippen LogP contribution in [0.1, 0.15) is 53.5 Å². The van der Waals surface area contributed by atoms with Crippen molar-refractivity contribution in [2.24, 2.45) is 23.7 Å². The number of anilines is 1. The highest BCUT2D eigenvalue weighted by atomic mass is 35.5. The summed E-state index contributed by atoms with van der Waals surface area (Å²) in [7, 11) is 0. The molecule has 7 rings (SSSR count). The Hall–Kier alpha value is -4.42. The van der Waals surface area contributed by atoms with Gasteiger partial charge in [0.2, 0.25) is 11.8 Å². The summed E-state index contributed by atoms with van der Waals surface area (Å²) < 4.78 is 40.2. The van der Waals surface area contributed by atoms with E-state index in [1.165, 1.54) is 4.90 Å². The molecule has 2 aliphatic heterocycles. The average Bonchev–Trinajstić information content (AvgIpc) is 3.44. The molecule has 6 unspecified atom stereocenters. The highest BCUT2D eigenvalue weighted by Crippen LogP contribution is 2.64. The molecule has 9 nitrogen and oxygen atoms in total. The Morgan fingerprint density at radius 3 is 2.24 bits per heavy atom. The number of allylic oxidation sites excluding steroid dienone is 2. The number of carbonyl (C=O) groups is 4. The number of aromatic nitrogens is 1. The predicted octanol–water partition coefficient (Wildman–Crippen LogP) is 6.73. The first-order chi connectivity index (χ1) is 23.6. The highest BCUT2D eigenvalue weighted by molar-refractivity contribution is 6.33. The van der Waals surface area contributed by atoms with E-state index in [1.54, 1.807) is 57.2 Å². The highest BCUT2D eigenvalue weighted by Gasteiger charge is 2.70. The van der Waals surface area contributed by atoms with Crippen molar-refractivity contribution in [3.05, 3.63) is 98.2 Å². The Kier molecular flexibility index (Phi) is 8.06. The molecule has 4 amide bonds. The monoisotopic (exact) mass is 726 g/mol. The van der Waals surface area contributed by atoms with Crippen molar-refractivity contribution in [1.29, 1.82) is 0 Å². The van der Waals surface area contributed by atoms with Gasteiger partial charge in [0.05, 0.1) is 33.8 Å². The SMILES string of the molecule is CCN1C(=O)C2CC=C3C(CC4C(=O)N(Nc5ncc(C(F)(F)F)cc5Cl)C(=O)C4(c4ccc(Cl)cc4)C3c3cc(C)c(O)c(C)c3)C2C1=O. The van der Waals surface area contributed by atoms with Crippen molar-refractivity contribution in [3.8, 4) is 5.75 Å². The van der Waals surface area contributed by atoms with Crippen LogP contribution in [0.4, 0.5) is 19.0 Å². The molecule has 50 heavy (non-hydrogen) atoms. The molecule has 2 aromatic carbocycles. The largest absolute Gasteiger partial charge is 0.507 e. The minimum atomic E-state index is -4.73. The van der Waals surface area contributed by atoms with Crippen molar-refractivity contribution in [2.75, 3.05) is 12.0 Å². The molecular formula is C36H31Cl2F3N4O5. The molecule has 2 saturated heterocycles. The second-order valence-electron chi connectivity index (χ2n) is 13.3. The number of rotatable bonds is 5. The van der Waals surface area contributed by atoms with E-state index < -0.39 is 63.6 Å². The second kappa shape index (κ2) is 11.8. The number of likely N-dealkylation sites (tertiary alicyclic amines) is 1. The van der Waals surface area contributed by atoms with E-state index in [2.05, 4.69) is 10.4 Å². The summed E-state index contributed by atoms with van der Waals surface area (Å²) in [5, 5.41) is 11.4. The van der Waals surface area contributed by atoms with Crippen molar-refractivity contribution in [1.82, 2.24) is 14.9 Å². The number of aromatic hydroxyl groups is 1. The number of imide groups is 2. The lowest BCUT2D eigenvalue weighted by Gasteiger charge is -2.50. The fourth-order valence-electron chi connectivity index (χ4n) is 8.69. The van der Waals surface area contributed by atoms with E-state index in [-0.39, 0.29) is 42.8 Å². The maximum absolute atomic E-state index is 15.2. The normalized spacial score (nSPS) is 27.7. The molecule has 4 aliphatic rings. The third kappa shape index (κ3) is 4.85. The van der Waals surface area contributed by atoms with Crippen LogP contribution in [-0.4, -0.2) is 50.2 Å². The summed E-state index contributed by atoms with van der Waals surface area (Å²) in [6, 6.07) is 10.7. The van der Waals surface area contributed by atoms with Gasteiger partial charge in [-0.3, -0.25) is 29.5 Å². The number of fused-ring (bicyclic) bond motifs is 4. The molecule has 3 heterocycles. The van der Waals surface area contributed by atoms with Gasteiger partial charge in [-0.25, -0.2) is 4.98 Å². The molecule has 2 aliphatic carbocycles. The fourth-order valence-corrected chi connectivity index (χ4v) is 9.03. The smallest absolute Gasteiger partial charge is 0.417 e. The van der Waals surface area contributed by atoms with E-state index in [0.29, 0.717) is 39.5 Å². The quantitative estimate of drug-likeness (QED) is 0.221. The Balaban J connectivity index is 1.46. The Morgan fingerprint density at radius 2 is 1.64 bits per heavy atom. The minimum Gasteiger partial charge on any atom is -0.507 e. The number of alkyl halides is 3. The van der Waals surface area contributed by atoms with Crippen LogP contribution in [0, 0.1) is 37.5 Å². The average molecular weight is 728 g/mol. The van der Waals surface area contributed by atoms with Gasteiger partial charge in [0.25, 0.3) is 11.8 Å². The van der Waals surface area contributed by atoms with Crippen LogP contribution in [0.15, 0.2) is 60.3 Å². The van der Waals surface area contributed by atoms with Crippen molar-refractivity contribution < 1.29 is 37.5 Å². The van der Waals surface area contributed by atoms with Gasteiger partial charge in [0.15, 0.2) is 5.82 Å². The van der Waals surface area contributed by atoms with E-state index >= 15 is 4.79 Å².